The van der Waals surface area contributed by atoms with E-state index in [1.165, 1.54) is 0 Å². The number of carboxylic acid groups (broad SMARTS) is 1. The highest BCUT2D eigenvalue weighted by Gasteiger charge is 2.65. The molecular formula is C28H46O6. The van der Waals surface area contributed by atoms with Gasteiger partial charge in [-0.25, -0.2) is 0 Å². The van der Waals surface area contributed by atoms with Crippen molar-refractivity contribution in [3.05, 3.63) is 12.2 Å². The maximum Gasteiger partial charge on any atom is 0.304 e. The normalized spacial score (nSPS) is 48.1. The number of aliphatic hydroxyl groups excluding tert-OH is 4. The Balaban J connectivity index is 1.50. The van der Waals surface area contributed by atoms with Crippen LogP contribution in [0.15, 0.2) is 12.2 Å². The number of aliphatic carboxylic acids is 1. The van der Waals surface area contributed by atoms with E-state index in [1.807, 2.05) is 12.2 Å². The Kier molecular flexibility index (Phi) is 7.56. The standard InChI is InChI=1S/C28H46O6/c1-16(5-4-6-17(15-29)11-25(33)34)20-7-8-21-26-22(14-24(32)28(20,21)3)27(2)10-9-19(30)12-18(27)13-23(26)31/h4,6,16-24,26,29-32H,5,7-15H2,1-3H3,(H,33,34)/t16-,17?,18?,19?,20-,21+,22+,23?,24?,26+,27+,28-/m1/s1. The number of rotatable bonds is 7. The van der Waals surface area contributed by atoms with Gasteiger partial charge in [-0.2, -0.15) is 0 Å². The van der Waals surface area contributed by atoms with E-state index in [1.54, 1.807) is 0 Å². The zero-order valence-electron chi connectivity index (χ0n) is 21.1. The molecule has 0 aromatic carbocycles. The lowest BCUT2D eigenvalue weighted by molar-refractivity contribution is -0.206. The largest absolute Gasteiger partial charge is 0.481 e. The number of hydrogen-bond donors (Lipinski definition) is 5. The molecule has 0 aliphatic heterocycles. The van der Waals surface area contributed by atoms with Crippen molar-refractivity contribution >= 4 is 5.97 Å². The molecule has 0 radical (unpaired) electrons. The number of allylic oxidation sites excluding steroid dienone is 1. The van der Waals surface area contributed by atoms with Crippen molar-refractivity contribution in [2.24, 2.45) is 52.3 Å². The molecule has 34 heavy (non-hydrogen) atoms. The minimum atomic E-state index is -0.905. The van der Waals surface area contributed by atoms with Gasteiger partial charge in [0.2, 0.25) is 0 Å². The molecule has 6 nitrogen and oxygen atoms in total. The second-order valence-corrected chi connectivity index (χ2v) is 12.7. The summed E-state index contributed by atoms with van der Waals surface area (Å²) in [5, 5.41) is 51.7. The van der Waals surface area contributed by atoms with Crippen LogP contribution in [0, 0.1) is 52.3 Å². The van der Waals surface area contributed by atoms with Crippen LogP contribution in [-0.4, -0.2) is 56.4 Å². The van der Waals surface area contributed by atoms with Crippen molar-refractivity contribution in [1.82, 2.24) is 0 Å². The first kappa shape index (κ1) is 26.1. The summed E-state index contributed by atoms with van der Waals surface area (Å²) in [6, 6.07) is 0. The molecule has 0 aromatic heterocycles. The Labute approximate surface area is 204 Å². The van der Waals surface area contributed by atoms with Gasteiger partial charge in [0.25, 0.3) is 0 Å². The molecule has 0 bridgehead atoms. The Morgan fingerprint density at radius 3 is 2.47 bits per heavy atom. The van der Waals surface area contributed by atoms with E-state index in [9.17, 15) is 25.2 Å². The van der Waals surface area contributed by atoms with Gasteiger partial charge < -0.3 is 25.5 Å². The Morgan fingerprint density at radius 2 is 1.79 bits per heavy atom. The Hall–Kier alpha value is -0.950. The van der Waals surface area contributed by atoms with Gasteiger partial charge in [-0.05, 0) is 97.7 Å². The van der Waals surface area contributed by atoms with Gasteiger partial charge >= 0.3 is 5.97 Å². The van der Waals surface area contributed by atoms with Gasteiger partial charge in [0.05, 0.1) is 24.7 Å². The first-order valence-electron chi connectivity index (χ1n) is 13.6. The molecule has 194 valence electrons. The molecule has 5 unspecified atom stereocenters. The van der Waals surface area contributed by atoms with Gasteiger partial charge in [0, 0.05) is 12.5 Å². The van der Waals surface area contributed by atoms with E-state index in [0.29, 0.717) is 29.6 Å². The van der Waals surface area contributed by atoms with E-state index < -0.39 is 12.1 Å². The second-order valence-electron chi connectivity index (χ2n) is 12.7. The highest BCUT2D eigenvalue weighted by Crippen LogP contribution is 2.68. The lowest BCUT2D eigenvalue weighted by Gasteiger charge is -2.63. The van der Waals surface area contributed by atoms with Crippen LogP contribution in [-0.2, 0) is 4.79 Å². The Morgan fingerprint density at radius 1 is 1.06 bits per heavy atom. The number of aliphatic hydroxyl groups is 4. The maximum atomic E-state index is 11.6. The number of hydrogen-bond acceptors (Lipinski definition) is 5. The molecule has 4 rings (SSSR count). The van der Waals surface area contributed by atoms with Gasteiger partial charge in [-0.1, -0.05) is 32.9 Å². The predicted molar refractivity (Wildman–Crippen MR) is 130 cm³/mol. The highest BCUT2D eigenvalue weighted by molar-refractivity contribution is 5.67. The van der Waals surface area contributed by atoms with Crippen LogP contribution < -0.4 is 0 Å². The fourth-order valence-electron chi connectivity index (χ4n) is 9.20. The van der Waals surface area contributed by atoms with E-state index in [-0.39, 0.29) is 47.9 Å². The second kappa shape index (κ2) is 9.84. The molecule has 4 aliphatic rings. The van der Waals surface area contributed by atoms with E-state index in [4.69, 9.17) is 5.11 Å². The van der Waals surface area contributed by atoms with Crippen LogP contribution in [0.25, 0.3) is 0 Å². The van der Waals surface area contributed by atoms with E-state index >= 15 is 0 Å². The predicted octanol–water partition coefficient (Wildman–Crippen LogP) is 3.61. The first-order chi connectivity index (χ1) is 16.0. The summed E-state index contributed by atoms with van der Waals surface area (Å²) in [7, 11) is 0. The van der Waals surface area contributed by atoms with Crippen LogP contribution in [0.5, 0.6) is 0 Å². The smallest absolute Gasteiger partial charge is 0.304 e. The molecule has 0 aromatic rings. The summed E-state index contributed by atoms with van der Waals surface area (Å²) in [6.45, 7) is 6.67. The third-order valence-electron chi connectivity index (χ3n) is 11.1. The highest BCUT2D eigenvalue weighted by atomic mass is 16.4. The third kappa shape index (κ3) is 4.38. The lowest BCUT2D eigenvalue weighted by atomic mass is 9.43. The van der Waals surface area contributed by atoms with Crippen molar-refractivity contribution < 1.29 is 30.3 Å². The van der Waals surface area contributed by atoms with Crippen molar-refractivity contribution in [2.45, 2.75) is 96.9 Å². The summed E-state index contributed by atoms with van der Waals surface area (Å²) in [5.74, 6) is 0.552. The molecule has 12 atom stereocenters. The van der Waals surface area contributed by atoms with Crippen molar-refractivity contribution in [2.75, 3.05) is 6.61 Å². The lowest BCUT2D eigenvalue weighted by Crippen LogP contribution is -2.62. The van der Waals surface area contributed by atoms with E-state index in [2.05, 4.69) is 20.8 Å². The molecule has 4 aliphatic carbocycles. The van der Waals surface area contributed by atoms with Crippen LogP contribution in [0.1, 0.15) is 78.6 Å². The van der Waals surface area contributed by atoms with Gasteiger partial charge in [0.1, 0.15) is 0 Å². The monoisotopic (exact) mass is 478 g/mol. The molecule has 4 saturated carbocycles. The average Bonchev–Trinajstić information content (AvgIpc) is 3.13. The molecule has 0 amide bonds. The van der Waals surface area contributed by atoms with Crippen LogP contribution in [0.2, 0.25) is 0 Å². The van der Waals surface area contributed by atoms with Gasteiger partial charge in [-0.15, -0.1) is 0 Å². The fourth-order valence-corrected chi connectivity index (χ4v) is 9.20. The molecular weight excluding hydrogens is 432 g/mol. The zero-order valence-corrected chi connectivity index (χ0v) is 21.1. The maximum absolute atomic E-state index is 11.6. The molecule has 5 N–H and O–H groups in total. The minimum Gasteiger partial charge on any atom is -0.481 e. The molecule has 0 spiro atoms. The SMILES string of the molecule is C[C@H](CC=CC(CO)CC(=O)O)[C@H]1CC[C@H]2[C@@H]3C(O)CC4CC(O)CC[C@]4(C)[C@H]3CC(O)[C@]12C. The topological polar surface area (TPSA) is 118 Å². The van der Waals surface area contributed by atoms with Crippen molar-refractivity contribution in [1.29, 1.82) is 0 Å². The average molecular weight is 479 g/mol. The number of fused-ring (bicyclic) bond motifs is 5. The van der Waals surface area contributed by atoms with Crippen LogP contribution in [0.4, 0.5) is 0 Å². The van der Waals surface area contributed by atoms with Crippen LogP contribution >= 0.6 is 0 Å². The first-order valence-corrected chi connectivity index (χ1v) is 13.6. The summed E-state index contributed by atoms with van der Waals surface area (Å²) >= 11 is 0. The molecule has 0 heterocycles. The van der Waals surface area contributed by atoms with Crippen molar-refractivity contribution in [3.8, 4) is 0 Å². The summed E-state index contributed by atoms with van der Waals surface area (Å²) in [5.41, 5.74) is -0.147. The minimum absolute atomic E-state index is 0.0684. The van der Waals surface area contributed by atoms with Crippen LogP contribution in [0.3, 0.4) is 0 Å². The quantitative estimate of drug-likeness (QED) is 0.357. The summed E-state index contributed by atoms with van der Waals surface area (Å²) < 4.78 is 0. The van der Waals surface area contributed by atoms with Gasteiger partial charge in [-0.3, -0.25) is 4.79 Å². The summed E-state index contributed by atoms with van der Waals surface area (Å²) in [6.07, 6.45) is 9.72. The number of carboxylic acids is 1. The molecule has 6 heteroatoms. The summed E-state index contributed by atoms with van der Waals surface area (Å²) in [4.78, 5) is 11.0. The Bertz CT molecular complexity index is 768. The number of carbonyl (C=O) groups is 1. The molecule has 4 fully saturated rings. The third-order valence-corrected chi connectivity index (χ3v) is 11.1. The molecule has 0 saturated heterocycles. The zero-order chi connectivity index (χ0) is 24.8. The fraction of sp³-hybridized carbons (Fsp3) is 0.893. The van der Waals surface area contributed by atoms with Crippen molar-refractivity contribution in [3.63, 3.8) is 0 Å². The van der Waals surface area contributed by atoms with Gasteiger partial charge in [0.15, 0.2) is 0 Å². The van der Waals surface area contributed by atoms with E-state index in [0.717, 1.165) is 51.4 Å².